The van der Waals surface area contributed by atoms with Crippen LogP contribution in [0.5, 0.6) is 0 Å². The summed E-state index contributed by atoms with van der Waals surface area (Å²) >= 11 is 0. The summed E-state index contributed by atoms with van der Waals surface area (Å²) < 4.78 is 10.9. The molecule has 2 atom stereocenters. The lowest BCUT2D eigenvalue weighted by Crippen LogP contribution is -2.40. The first-order valence-corrected chi connectivity index (χ1v) is 12.7. The number of hydrogen-bond acceptors (Lipinski definition) is 6. The summed E-state index contributed by atoms with van der Waals surface area (Å²) in [5, 5.41) is 10.4. The Bertz CT molecular complexity index is 939. The summed E-state index contributed by atoms with van der Waals surface area (Å²) in [6, 6.07) is 17.3. The van der Waals surface area contributed by atoms with Crippen molar-refractivity contribution in [1.29, 1.82) is 0 Å². The van der Waals surface area contributed by atoms with Crippen LogP contribution in [-0.4, -0.2) is 58.0 Å². The average Bonchev–Trinajstić information content (AvgIpc) is 2.90. The van der Waals surface area contributed by atoms with Crippen LogP contribution in [-0.2, 0) is 14.3 Å². The highest BCUT2D eigenvalue weighted by atomic mass is 16.5. The fraction of sp³-hybridized carbons (Fsp3) is 0.519. The normalized spacial score (nSPS) is 23.9. The third-order valence-electron chi connectivity index (χ3n) is 7.15. The fourth-order valence-corrected chi connectivity index (χ4v) is 5.22. The lowest BCUT2D eigenvalue weighted by Gasteiger charge is -2.32. The number of hydrogen-bond donors (Lipinski definition) is 3. The molecular weight excluding hydrogens is 428 g/mol. The van der Waals surface area contributed by atoms with E-state index in [1.54, 1.807) is 0 Å². The van der Waals surface area contributed by atoms with E-state index in [0.717, 1.165) is 88.8 Å². The molecule has 7 heteroatoms. The lowest BCUT2D eigenvalue weighted by molar-refractivity contribution is -0.121. The Morgan fingerprint density at radius 1 is 0.912 bits per heavy atom. The van der Waals surface area contributed by atoms with Crippen LogP contribution >= 0.6 is 0 Å². The van der Waals surface area contributed by atoms with Gasteiger partial charge in [-0.3, -0.25) is 4.79 Å². The van der Waals surface area contributed by atoms with Crippen molar-refractivity contribution >= 4 is 23.0 Å². The zero-order valence-electron chi connectivity index (χ0n) is 19.8. The number of rotatable bonds is 6. The summed E-state index contributed by atoms with van der Waals surface area (Å²) in [6.45, 7) is 5.84. The Morgan fingerprint density at radius 3 is 2.47 bits per heavy atom. The van der Waals surface area contributed by atoms with Crippen molar-refractivity contribution in [3.8, 4) is 0 Å². The molecule has 3 aliphatic heterocycles. The zero-order chi connectivity index (χ0) is 23.2. The number of carbonyl (C=O) groups is 1. The zero-order valence-corrected chi connectivity index (χ0v) is 19.8. The number of benzene rings is 2. The molecule has 34 heavy (non-hydrogen) atoms. The Labute approximate surface area is 202 Å². The molecule has 5 rings (SSSR count). The van der Waals surface area contributed by atoms with Crippen LogP contribution in [0.2, 0.25) is 0 Å². The highest BCUT2D eigenvalue weighted by molar-refractivity contribution is 5.93. The number of nitrogens with zero attached hydrogens (tertiary/aromatic N) is 1. The van der Waals surface area contributed by atoms with E-state index in [9.17, 15) is 4.79 Å². The molecule has 3 N–H and O–H groups in total. The van der Waals surface area contributed by atoms with E-state index in [1.807, 2.05) is 12.1 Å². The first kappa shape index (κ1) is 23.1. The molecule has 0 saturated carbocycles. The Hall–Kier alpha value is -2.61. The number of anilines is 3. The second-order valence-corrected chi connectivity index (χ2v) is 9.47. The summed E-state index contributed by atoms with van der Waals surface area (Å²) in [6.07, 6.45) is 3.97. The van der Waals surface area contributed by atoms with Gasteiger partial charge in [-0.1, -0.05) is 18.2 Å². The van der Waals surface area contributed by atoms with Crippen LogP contribution in [0.1, 0.15) is 37.3 Å². The molecule has 0 spiro atoms. The summed E-state index contributed by atoms with van der Waals surface area (Å²) in [7, 11) is 0. The molecule has 3 heterocycles. The molecule has 0 aliphatic carbocycles. The minimum Gasteiger partial charge on any atom is -0.382 e. The van der Waals surface area contributed by atoms with Gasteiger partial charge in [0, 0.05) is 55.4 Å². The first-order chi connectivity index (χ1) is 16.8. The third-order valence-corrected chi connectivity index (χ3v) is 7.15. The maximum absolute atomic E-state index is 13.4. The van der Waals surface area contributed by atoms with Gasteiger partial charge in [-0.25, -0.2) is 0 Å². The van der Waals surface area contributed by atoms with E-state index >= 15 is 0 Å². The Morgan fingerprint density at radius 2 is 1.68 bits per heavy atom. The van der Waals surface area contributed by atoms with Crippen molar-refractivity contribution < 1.29 is 14.3 Å². The van der Waals surface area contributed by atoms with E-state index in [0.29, 0.717) is 6.04 Å². The van der Waals surface area contributed by atoms with Crippen LogP contribution in [0.4, 0.5) is 17.1 Å². The molecule has 1 amide bonds. The van der Waals surface area contributed by atoms with Crippen LogP contribution in [0.15, 0.2) is 48.5 Å². The van der Waals surface area contributed by atoms with Crippen LogP contribution in [0.3, 0.4) is 0 Å². The molecule has 2 aromatic carbocycles. The highest BCUT2D eigenvalue weighted by Gasteiger charge is 2.32. The van der Waals surface area contributed by atoms with Gasteiger partial charge >= 0.3 is 0 Å². The molecular formula is C27H36N4O3. The van der Waals surface area contributed by atoms with Gasteiger partial charge in [0.1, 0.15) is 0 Å². The minimum atomic E-state index is -0.102. The summed E-state index contributed by atoms with van der Waals surface area (Å²) in [4.78, 5) is 15.7. The monoisotopic (exact) mass is 464 g/mol. The number of piperidine rings is 1. The van der Waals surface area contributed by atoms with E-state index in [1.165, 1.54) is 5.56 Å². The average molecular weight is 465 g/mol. The second kappa shape index (κ2) is 11.2. The molecule has 182 valence electrons. The predicted octanol–water partition coefficient (Wildman–Crippen LogP) is 3.79. The summed E-state index contributed by atoms with van der Waals surface area (Å²) in [5.41, 5.74) is 4.29. The van der Waals surface area contributed by atoms with Gasteiger partial charge < -0.3 is 30.3 Å². The molecule has 2 unspecified atom stereocenters. The topological polar surface area (TPSA) is 74.9 Å². The van der Waals surface area contributed by atoms with Crippen molar-refractivity contribution in [3.63, 3.8) is 0 Å². The number of nitrogens with one attached hydrogen (secondary N) is 3. The Kier molecular flexibility index (Phi) is 7.63. The van der Waals surface area contributed by atoms with Crippen molar-refractivity contribution in [2.24, 2.45) is 5.92 Å². The molecule has 0 radical (unpaired) electrons. The quantitative estimate of drug-likeness (QED) is 0.604. The van der Waals surface area contributed by atoms with Gasteiger partial charge in [0.05, 0.1) is 19.1 Å². The molecule has 3 fully saturated rings. The third kappa shape index (κ3) is 5.71. The minimum absolute atomic E-state index is 0.0216. The van der Waals surface area contributed by atoms with Gasteiger partial charge in [-0.2, -0.15) is 0 Å². The molecule has 7 nitrogen and oxygen atoms in total. The fourth-order valence-electron chi connectivity index (χ4n) is 5.22. The van der Waals surface area contributed by atoms with Gasteiger partial charge in [0.25, 0.3) is 0 Å². The maximum Gasteiger partial charge on any atom is 0.229 e. The number of morpholine rings is 1. The van der Waals surface area contributed by atoms with Crippen LogP contribution in [0, 0.1) is 5.92 Å². The lowest BCUT2D eigenvalue weighted by atomic mass is 9.85. The second-order valence-electron chi connectivity index (χ2n) is 9.47. The molecule has 2 aromatic rings. The predicted molar refractivity (Wildman–Crippen MR) is 135 cm³/mol. The van der Waals surface area contributed by atoms with Crippen molar-refractivity contribution in [2.45, 2.75) is 37.8 Å². The van der Waals surface area contributed by atoms with Crippen LogP contribution in [0.25, 0.3) is 0 Å². The SMILES string of the molecule is O=C(Nc1cccc(N2CCOCC2)c1)C1CCCNC1c1ccc(NC2CCOCC2)cc1. The molecule has 0 bridgehead atoms. The number of ether oxygens (including phenoxy) is 2. The van der Waals surface area contributed by atoms with Crippen molar-refractivity contribution in [1.82, 2.24) is 5.32 Å². The molecule has 3 saturated heterocycles. The first-order valence-electron chi connectivity index (χ1n) is 12.7. The maximum atomic E-state index is 13.4. The van der Waals surface area contributed by atoms with E-state index in [4.69, 9.17) is 9.47 Å². The van der Waals surface area contributed by atoms with Crippen molar-refractivity contribution in [3.05, 3.63) is 54.1 Å². The number of carbonyl (C=O) groups excluding carboxylic acids is 1. The smallest absolute Gasteiger partial charge is 0.229 e. The summed E-state index contributed by atoms with van der Waals surface area (Å²) in [5.74, 6) is -0.0178. The van der Waals surface area contributed by atoms with E-state index in [-0.39, 0.29) is 17.9 Å². The van der Waals surface area contributed by atoms with Gasteiger partial charge in [0.2, 0.25) is 5.91 Å². The van der Waals surface area contributed by atoms with Crippen LogP contribution < -0.4 is 20.9 Å². The largest absolute Gasteiger partial charge is 0.382 e. The van der Waals surface area contributed by atoms with E-state index in [2.05, 4.69) is 57.2 Å². The van der Waals surface area contributed by atoms with E-state index < -0.39 is 0 Å². The van der Waals surface area contributed by atoms with Gasteiger partial charge in [0.15, 0.2) is 0 Å². The van der Waals surface area contributed by atoms with Crippen molar-refractivity contribution in [2.75, 3.05) is 61.6 Å². The number of amides is 1. The standard InChI is InChI=1S/C27H36N4O3/c32-27(30-23-3-1-4-24(19-23)31-13-17-34-18-14-31)25-5-2-12-28-26(25)20-6-8-21(9-7-20)29-22-10-15-33-16-11-22/h1,3-4,6-9,19,22,25-26,28-29H,2,5,10-18H2,(H,30,32). The van der Waals surface area contributed by atoms with Gasteiger partial charge in [-0.05, 0) is 68.1 Å². The molecule has 3 aliphatic rings. The highest BCUT2D eigenvalue weighted by Crippen LogP contribution is 2.32. The Balaban J connectivity index is 1.24. The molecule has 0 aromatic heterocycles. The van der Waals surface area contributed by atoms with Gasteiger partial charge in [-0.15, -0.1) is 0 Å².